The second-order valence-corrected chi connectivity index (χ2v) is 4.94. The fourth-order valence-electron chi connectivity index (χ4n) is 1.40. The summed E-state index contributed by atoms with van der Waals surface area (Å²) in [4.78, 5) is 13.8. The number of aryl methyl sites for hydroxylation is 2. The van der Waals surface area contributed by atoms with Crippen LogP contribution in [0.1, 0.15) is 22.6 Å². The third-order valence-corrected chi connectivity index (χ3v) is 3.51. The number of nitrogens with zero attached hydrogens (tertiary/aromatic N) is 4. The molecule has 5 heteroatoms. The smallest absolute Gasteiger partial charge is 0.192 e. The van der Waals surface area contributed by atoms with Crippen molar-refractivity contribution in [2.45, 2.75) is 30.8 Å². The fraction of sp³-hybridized carbons (Fsp3) is 0.231. The first-order valence-electron chi connectivity index (χ1n) is 5.46. The van der Waals surface area contributed by atoms with Gasteiger partial charge in [0.05, 0.1) is 0 Å². The summed E-state index contributed by atoms with van der Waals surface area (Å²) < 4.78 is 0. The molecule has 0 atom stereocenters. The van der Waals surface area contributed by atoms with Gasteiger partial charge in [0.15, 0.2) is 5.16 Å². The van der Waals surface area contributed by atoms with Crippen LogP contribution in [0.5, 0.6) is 0 Å². The molecular formula is C13H12N4S. The number of hydrogen-bond donors (Lipinski definition) is 0. The average molecular weight is 256 g/mol. The van der Waals surface area contributed by atoms with Crippen molar-refractivity contribution in [3.05, 3.63) is 41.0 Å². The molecule has 0 aromatic carbocycles. The van der Waals surface area contributed by atoms with Crippen LogP contribution in [0.2, 0.25) is 0 Å². The van der Waals surface area contributed by atoms with Crippen molar-refractivity contribution in [3.63, 3.8) is 0 Å². The zero-order valence-corrected chi connectivity index (χ0v) is 11.2. The van der Waals surface area contributed by atoms with Gasteiger partial charge >= 0.3 is 0 Å². The van der Waals surface area contributed by atoms with E-state index in [9.17, 15) is 0 Å². The number of hydrogen-bond acceptors (Lipinski definition) is 5. The van der Waals surface area contributed by atoms with Crippen molar-refractivity contribution < 1.29 is 0 Å². The Morgan fingerprint density at radius 1 is 1.11 bits per heavy atom. The molecule has 90 valence electrons. The first-order chi connectivity index (χ1) is 8.60. The van der Waals surface area contributed by atoms with Crippen LogP contribution in [0.15, 0.2) is 28.4 Å². The normalized spacial score (nSPS) is 10.1. The molecule has 0 saturated carbocycles. The summed E-state index contributed by atoms with van der Waals surface area (Å²) in [6.07, 6.45) is 1.66. The number of aromatic nitrogens is 3. The van der Waals surface area contributed by atoms with Gasteiger partial charge in [-0.3, -0.25) is 0 Å². The molecule has 2 aromatic rings. The van der Waals surface area contributed by atoms with Gasteiger partial charge in [0.2, 0.25) is 0 Å². The van der Waals surface area contributed by atoms with Crippen LogP contribution >= 0.6 is 11.8 Å². The molecule has 2 heterocycles. The second kappa shape index (κ2) is 5.15. The first kappa shape index (κ1) is 12.5. The SMILES string of the molecule is Cc1nc(Sc2ccc(C#N)nc2)nc(C)c1C. The van der Waals surface area contributed by atoms with E-state index < -0.39 is 0 Å². The van der Waals surface area contributed by atoms with Crippen molar-refractivity contribution in [3.8, 4) is 6.07 Å². The summed E-state index contributed by atoms with van der Waals surface area (Å²) in [7, 11) is 0. The maximum absolute atomic E-state index is 8.68. The number of pyridine rings is 1. The van der Waals surface area contributed by atoms with Crippen LogP contribution in [0.4, 0.5) is 0 Å². The van der Waals surface area contributed by atoms with E-state index in [1.807, 2.05) is 32.9 Å². The quantitative estimate of drug-likeness (QED) is 0.773. The Morgan fingerprint density at radius 2 is 1.78 bits per heavy atom. The van der Waals surface area contributed by atoms with Crippen molar-refractivity contribution >= 4 is 11.8 Å². The van der Waals surface area contributed by atoms with E-state index in [0.29, 0.717) is 10.9 Å². The molecule has 0 fully saturated rings. The minimum atomic E-state index is 0.413. The van der Waals surface area contributed by atoms with Crippen LogP contribution in [0, 0.1) is 32.1 Å². The lowest BCUT2D eigenvalue weighted by atomic mass is 10.2. The Kier molecular flexibility index (Phi) is 3.58. The van der Waals surface area contributed by atoms with Gasteiger partial charge < -0.3 is 0 Å². The molecule has 0 amide bonds. The highest BCUT2D eigenvalue weighted by Gasteiger charge is 2.06. The monoisotopic (exact) mass is 256 g/mol. The van der Waals surface area contributed by atoms with Crippen molar-refractivity contribution in [1.82, 2.24) is 15.0 Å². The molecule has 18 heavy (non-hydrogen) atoms. The summed E-state index contributed by atoms with van der Waals surface area (Å²) in [5.41, 5.74) is 3.52. The van der Waals surface area contributed by atoms with Gasteiger partial charge in [0.1, 0.15) is 11.8 Å². The standard InChI is InChI=1S/C13H12N4S/c1-8-9(2)16-13(17-10(8)3)18-12-5-4-11(6-14)15-7-12/h4-5,7H,1-3H3. The number of nitriles is 1. The van der Waals surface area contributed by atoms with Gasteiger partial charge in [-0.25, -0.2) is 15.0 Å². The minimum absolute atomic E-state index is 0.413. The van der Waals surface area contributed by atoms with Crippen molar-refractivity contribution in [2.24, 2.45) is 0 Å². The largest absolute Gasteiger partial charge is 0.244 e. The summed E-state index contributed by atoms with van der Waals surface area (Å²) in [5.74, 6) is 0. The fourth-order valence-corrected chi connectivity index (χ4v) is 2.22. The molecule has 0 unspecified atom stereocenters. The maximum atomic E-state index is 8.68. The van der Waals surface area contributed by atoms with Gasteiger partial charge in [-0.2, -0.15) is 5.26 Å². The lowest BCUT2D eigenvalue weighted by Gasteiger charge is -2.06. The molecule has 2 rings (SSSR count). The molecule has 0 aliphatic carbocycles. The lowest BCUT2D eigenvalue weighted by Crippen LogP contribution is -1.97. The third kappa shape index (κ3) is 2.66. The summed E-state index contributed by atoms with van der Waals surface area (Å²) in [5, 5.41) is 9.39. The zero-order valence-electron chi connectivity index (χ0n) is 10.4. The van der Waals surface area contributed by atoms with E-state index in [2.05, 4.69) is 15.0 Å². The Balaban J connectivity index is 2.26. The second-order valence-electron chi connectivity index (χ2n) is 3.90. The molecule has 0 bridgehead atoms. The van der Waals surface area contributed by atoms with E-state index in [1.54, 1.807) is 12.3 Å². The first-order valence-corrected chi connectivity index (χ1v) is 6.27. The van der Waals surface area contributed by atoms with E-state index in [1.165, 1.54) is 11.8 Å². The average Bonchev–Trinajstić information content (AvgIpc) is 2.37. The van der Waals surface area contributed by atoms with Gasteiger partial charge in [-0.1, -0.05) is 0 Å². The van der Waals surface area contributed by atoms with Crippen LogP contribution in [0.3, 0.4) is 0 Å². The molecule has 0 aliphatic rings. The van der Waals surface area contributed by atoms with Crippen LogP contribution in [-0.4, -0.2) is 15.0 Å². The maximum Gasteiger partial charge on any atom is 0.192 e. The van der Waals surface area contributed by atoms with Crippen LogP contribution < -0.4 is 0 Å². The zero-order chi connectivity index (χ0) is 13.1. The van der Waals surface area contributed by atoms with Gasteiger partial charge in [-0.15, -0.1) is 0 Å². The Labute approximate surface area is 110 Å². The Hall–Kier alpha value is -1.93. The van der Waals surface area contributed by atoms with Gasteiger partial charge in [0, 0.05) is 22.5 Å². The van der Waals surface area contributed by atoms with E-state index in [0.717, 1.165) is 21.8 Å². The predicted molar refractivity (Wildman–Crippen MR) is 69.3 cm³/mol. The molecule has 0 saturated heterocycles. The number of rotatable bonds is 2. The Bertz CT molecular complexity index is 591. The van der Waals surface area contributed by atoms with Gasteiger partial charge in [-0.05, 0) is 50.2 Å². The van der Waals surface area contributed by atoms with E-state index >= 15 is 0 Å². The molecule has 0 N–H and O–H groups in total. The molecule has 0 aliphatic heterocycles. The predicted octanol–water partition coefficient (Wildman–Crippen LogP) is 2.82. The molecule has 0 spiro atoms. The van der Waals surface area contributed by atoms with E-state index in [4.69, 9.17) is 5.26 Å². The Morgan fingerprint density at radius 3 is 2.28 bits per heavy atom. The van der Waals surface area contributed by atoms with E-state index in [-0.39, 0.29) is 0 Å². The minimum Gasteiger partial charge on any atom is -0.244 e. The summed E-state index contributed by atoms with van der Waals surface area (Å²) in [6.45, 7) is 5.97. The topological polar surface area (TPSA) is 62.5 Å². The van der Waals surface area contributed by atoms with Crippen molar-refractivity contribution in [2.75, 3.05) is 0 Å². The van der Waals surface area contributed by atoms with Crippen LogP contribution in [0.25, 0.3) is 0 Å². The highest BCUT2D eigenvalue weighted by Crippen LogP contribution is 2.25. The highest BCUT2D eigenvalue weighted by atomic mass is 32.2. The molecule has 0 radical (unpaired) electrons. The molecule has 2 aromatic heterocycles. The van der Waals surface area contributed by atoms with Crippen molar-refractivity contribution in [1.29, 1.82) is 5.26 Å². The van der Waals surface area contributed by atoms with Crippen LogP contribution in [-0.2, 0) is 0 Å². The highest BCUT2D eigenvalue weighted by molar-refractivity contribution is 7.99. The lowest BCUT2D eigenvalue weighted by molar-refractivity contribution is 0.880. The third-order valence-electron chi connectivity index (χ3n) is 2.67. The summed E-state index contributed by atoms with van der Waals surface area (Å²) in [6, 6.07) is 5.53. The van der Waals surface area contributed by atoms with Gasteiger partial charge in [0.25, 0.3) is 0 Å². The summed E-state index contributed by atoms with van der Waals surface area (Å²) >= 11 is 1.45. The molecule has 4 nitrogen and oxygen atoms in total. The molecular weight excluding hydrogens is 244 g/mol.